The van der Waals surface area contributed by atoms with Crippen LogP contribution in [0.15, 0.2) is 12.3 Å². The number of hydrogen-bond acceptors (Lipinski definition) is 4. The summed E-state index contributed by atoms with van der Waals surface area (Å²) in [7, 11) is 0. The van der Waals surface area contributed by atoms with E-state index in [1.165, 1.54) is 38.6 Å². The minimum Gasteiger partial charge on any atom is -0.368 e. The van der Waals surface area contributed by atoms with E-state index in [9.17, 15) is 0 Å². The summed E-state index contributed by atoms with van der Waals surface area (Å²) in [5.74, 6) is 0.961. The molecule has 1 aromatic rings. The Labute approximate surface area is 102 Å². The van der Waals surface area contributed by atoms with Crippen molar-refractivity contribution in [3.8, 4) is 0 Å². The van der Waals surface area contributed by atoms with Crippen LogP contribution in [0.3, 0.4) is 0 Å². The average molecular weight is 232 g/mol. The Morgan fingerprint density at radius 2 is 2.06 bits per heavy atom. The molecule has 2 heterocycles. The molecule has 1 aliphatic heterocycles. The van der Waals surface area contributed by atoms with Crippen LogP contribution >= 0.6 is 0 Å². The van der Waals surface area contributed by atoms with Crippen molar-refractivity contribution in [1.82, 2.24) is 14.9 Å². The number of nitrogen functional groups attached to an aromatic ring is 1. The fourth-order valence-corrected chi connectivity index (χ4v) is 3.25. The molecular weight excluding hydrogens is 212 g/mol. The SMILES string of the molecule is Nc1nccc([C@H]2CCN(C3CCCC3)C2)n1. The second-order valence-electron chi connectivity index (χ2n) is 5.26. The smallest absolute Gasteiger partial charge is 0.220 e. The molecule has 0 amide bonds. The fourth-order valence-electron chi connectivity index (χ4n) is 3.25. The number of likely N-dealkylation sites (tertiary alicyclic amines) is 1. The lowest BCUT2D eigenvalue weighted by molar-refractivity contribution is 0.243. The third-order valence-electron chi connectivity index (χ3n) is 4.17. The van der Waals surface area contributed by atoms with Gasteiger partial charge in [-0.15, -0.1) is 0 Å². The maximum absolute atomic E-state index is 5.65. The van der Waals surface area contributed by atoms with Gasteiger partial charge in [0.25, 0.3) is 0 Å². The van der Waals surface area contributed by atoms with Crippen molar-refractivity contribution in [2.45, 2.75) is 44.1 Å². The molecule has 92 valence electrons. The first-order valence-corrected chi connectivity index (χ1v) is 6.65. The van der Waals surface area contributed by atoms with E-state index in [2.05, 4.69) is 14.9 Å². The summed E-state index contributed by atoms with van der Waals surface area (Å²) in [5.41, 5.74) is 6.77. The third-order valence-corrected chi connectivity index (χ3v) is 4.17. The average Bonchev–Trinajstić information content (AvgIpc) is 3.00. The Morgan fingerprint density at radius 3 is 2.82 bits per heavy atom. The van der Waals surface area contributed by atoms with Gasteiger partial charge in [-0.25, -0.2) is 9.97 Å². The first-order valence-electron chi connectivity index (χ1n) is 6.65. The number of nitrogens with two attached hydrogens (primary N) is 1. The third kappa shape index (κ3) is 2.27. The largest absolute Gasteiger partial charge is 0.368 e. The van der Waals surface area contributed by atoms with E-state index in [1.807, 2.05) is 6.07 Å². The standard InChI is InChI=1S/C13H20N4/c14-13-15-7-5-12(16-13)10-6-8-17(9-10)11-3-1-2-4-11/h5,7,10-11H,1-4,6,8-9H2,(H2,14,15,16)/t10-/m0/s1. The Bertz CT molecular complexity index is 387. The van der Waals surface area contributed by atoms with Gasteiger partial charge in [-0.3, -0.25) is 4.90 Å². The molecule has 1 atom stereocenters. The van der Waals surface area contributed by atoms with Crippen molar-refractivity contribution < 1.29 is 0 Å². The van der Waals surface area contributed by atoms with Crippen LogP contribution < -0.4 is 5.73 Å². The first kappa shape index (κ1) is 11.0. The Morgan fingerprint density at radius 1 is 1.24 bits per heavy atom. The van der Waals surface area contributed by atoms with Crippen molar-refractivity contribution in [1.29, 1.82) is 0 Å². The lowest BCUT2D eigenvalue weighted by Gasteiger charge is -2.23. The van der Waals surface area contributed by atoms with Crippen LogP contribution in [0.25, 0.3) is 0 Å². The highest BCUT2D eigenvalue weighted by Gasteiger charge is 2.31. The van der Waals surface area contributed by atoms with E-state index in [1.54, 1.807) is 6.20 Å². The van der Waals surface area contributed by atoms with E-state index in [4.69, 9.17) is 5.73 Å². The number of anilines is 1. The molecule has 1 aliphatic carbocycles. The summed E-state index contributed by atoms with van der Waals surface area (Å²) in [6, 6.07) is 2.85. The molecule has 3 rings (SSSR count). The van der Waals surface area contributed by atoms with Gasteiger partial charge >= 0.3 is 0 Å². The van der Waals surface area contributed by atoms with Gasteiger partial charge in [0.2, 0.25) is 5.95 Å². The quantitative estimate of drug-likeness (QED) is 0.844. The molecule has 0 radical (unpaired) electrons. The highest BCUT2D eigenvalue weighted by molar-refractivity contribution is 5.20. The van der Waals surface area contributed by atoms with Gasteiger partial charge in [0.05, 0.1) is 5.69 Å². The van der Waals surface area contributed by atoms with Gasteiger partial charge in [-0.2, -0.15) is 0 Å². The molecular formula is C13H20N4. The summed E-state index contributed by atoms with van der Waals surface area (Å²) in [6.45, 7) is 2.38. The molecule has 1 saturated carbocycles. The van der Waals surface area contributed by atoms with Crippen molar-refractivity contribution in [2.24, 2.45) is 0 Å². The predicted octanol–water partition coefficient (Wildman–Crippen LogP) is 1.79. The molecule has 0 unspecified atom stereocenters. The Hall–Kier alpha value is -1.16. The summed E-state index contributed by atoms with van der Waals surface area (Å²) in [5, 5.41) is 0. The molecule has 0 bridgehead atoms. The molecule has 17 heavy (non-hydrogen) atoms. The highest BCUT2D eigenvalue weighted by atomic mass is 15.2. The number of hydrogen-bond donors (Lipinski definition) is 1. The predicted molar refractivity (Wildman–Crippen MR) is 67.6 cm³/mol. The fraction of sp³-hybridized carbons (Fsp3) is 0.692. The van der Waals surface area contributed by atoms with Crippen LogP contribution in [-0.2, 0) is 0 Å². The molecule has 2 fully saturated rings. The second-order valence-corrected chi connectivity index (χ2v) is 5.26. The molecule has 1 saturated heterocycles. The van der Waals surface area contributed by atoms with Crippen LogP contribution in [0.1, 0.15) is 43.7 Å². The van der Waals surface area contributed by atoms with Gasteiger partial charge < -0.3 is 5.73 Å². The Kier molecular flexibility index (Phi) is 2.97. The molecule has 4 heteroatoms. The minimum atomic E-state index is 0.404. The lowest BCUT2D eigenvalue weighted by Crippen LogP contribution is -2.30. The Balaban J connectivity index is 1.67. The van der Waals surface area contributed by atoms with Crippen molar-refractivity contribution in [3.05, 3.63) is 18.0 Å². The van der Waals surface area contributed by atoms with Crippen LogP contribution in [0.5, 0.6) is 0 Å². The first-order chi connectivity index (χ1) is 8.33. The zero-order valence-corrected chi connectivity index (χ0v) is 10.2. The topological polar surface area (TPSA) is 55.0 Å². The normalized spacial score (nSPS) is 26.7. The van der Waals surface area contributed by atoms with Crippen LogP contribution in [0, 0.1) is 0 Å². The van der Waals surface area contributed by atoms with E-state index in [0.29, 0.717) is 11.9 Å². The van der Waals surface area contributed by atoms with E-state index in [-0.39, 0.29) is 0 Å². The zero-order valence-electron chi connectivity index (χ0n) is 10.2. The molecule has 1 aromatic heterocycles. The number of rotatable bonds is 2. The van der Waals surface area contributed by atoms with Gasteiger partial charge in [-0.05, 0) is 31.9 Å². The van der Waals surface area contributed by atoms with Crippen molar-refractivity contribution in [3.63, 3.8) is 0 Å². The monoisotopic (exact) mass is 232 g/mol. The number of nitrogens with zero attached hydrogens (tertiary/aromatic N) is 3. The maximum Gasteiger partial charge on any atom is 0.220 e. The van der Waals surface area contributed by atoms with Crippen molar-refractivity contribution >= 4 is 5.95 Å². The maximum atomic E-state index is 5.65. The van der Waals surface area contributed by atoms with Gasteiger partial charge in [-0.1, -0.05) is 12.8 Å². The molecule has 2 aliphatic rings. The highest BCUT2D eigenvalue weighted by Crippen LogP contribution is 2.32. The van der Waals surface area contributed by atoms with Crippen molar-refractivity contribution in [2.75, 3.05) is 18.8 Å². The zero-order chi connectivity index (χ0) is 11.7. The molecule has 0 spiro atoms. The summed E-state index contributed by atoms with van der Waals surface area (Å²) in [6.07, 6.45) is 8.58. The van der Waals surface area contributed by atoms with Crippen LogP contribution in [0.2, 0.25) is 0 Å². The van der Waals surface area contributed by atoms with Gasteiger partial charge in [0, 0.05) is 24.7 Å². The summed E-state index contributed by atoms with van der Waals surface area (Å²) in [4.78, 5) is 11.0. The molecule has 4 nitrogen and oxygen atoms in total. The van der Waals surface area contributed by atoms with E-state index in [0.717, 1.165) is 18.3 Å². The van der Waals surface area contributed by atoms with Crippen LogP contribution in [0.4, 0.5) is 5.95 Å². The van der Waals surface area contributed by atoms with Gasteiger partial charge in [0.1, 0.15) is 0 Å². The van der Waals surface area contributed by atoms with E-state index < -0.39 is 0 Å². The molecule has 0 aromatic carbocycles. The van der Waals surface area contributed by atoms with Gasteiger partial charge in [0.15, 0.2) is 0 Å². The van der Waals surface area contributed by atoms with Crippen LogP contribution in [-0.4, -0.2) is 34.0 Å². The summed E-state index contributed by atoms with van der Waals surface area (Å²) < 4.78 is 0. The second kappa shape index (κ2) is 4.61. The summed E-state index contributed by atoms with van der Waals surface area (Å²) >= 11 is 0. The lowest BCUT2D eigenvalue weighted by atomic mass is 10.1. The minimum absolute atomic E-state index is 0.404. The van der Waals surface area contributed by atoms with E-state index >= 15 is 0 Å². The molecule has 2 N–H and O–H groups in total. The number of aromatic nitrogens is 2.